The van der Waals surface area contributed by atoms with E-state index in [2.05, 4.69) is 21.2 Å². The van der Waals surface area contributed by atoms with Gasteiger partial charge in [0.2, 0.25) is 5.91 Å². The molecule has 0 unspecified atom stereocenters. The molecule has 0 bridgehead atoms. The fraction of sp³-hybridized carbons (Fsp3) is 0.176. The van der Waals surface area contributed by atoms with E-state index in [0.717, 1.165) is 4.47 Å². The van der Waals surface area contributed by atoms with E-state index >= 15 is 0 Å². The lowest BCUT2D eigenvalue weighted by atomic mass is 10.3. The Morgan fingerprint density at radius 1 is 1.17 bits per heavy atom. The molecule has 2 amide bonds. The molecule has 0 heterocycles. The molecule has 1 N–H and O–H groups in total. The van der Waals surface area contributed by atoms with E-state index in [0.29, 0.717) is 16.5 Å². The first-order chi connectivity index (χ1) is 11.5. The van der Waals surface area contributed by atoms with Crippen molar-refractivity contribution in [2.75, 3.05) is 25.5 Å². The van der Waals surface area contributed by atoms with Gasteiger partial charge in [0, 0.05) is 11.5 Å². The topological polar surface area (TPSA) is 58.6 Å². The predicted octanol–water partition coefficient (Wildman–Crippen LogP) is 3.58. The van der Waals surface area contributed by atoms with Crippen LogP contribution in [-0.2, 0) is 9.59 Å². The molecule has 0 fully saturated rings. The summed E-state index contributed by atoms with van der Waals surface area (Å²) in [6.45, 7) is -0.269. The van der Waals surface area contributed by atoms with Crippen LogP contribution in [0.15, 0.2) is 53.0 Å². The van der Waals surface area contributed by atoms with Gasteiger partial charge in [0.15, 0.2) is 6.61 Å². The van der Waals surface area contributed by atoms with Gasteiger partial charge in [0.25, 0.3) is 5.91 Å². The lowest BCUT2D eigenvalue weighted by molar-refractivity contribution is -0.135. The maximum absolute atomic E-state index is 12.1. The first-order valence-corrected chi connectivity index (χ1v) is 8.30. The summed E-state index contributed by atoms with van der Waals surface area (Å²) in [5.74, 6) is -0.189. The molecular weight excluding hydrogens is 396 g/mol. The molecule has 0 aliphatic carbocycles. The number of benzene rings is 2. The molecule has 7 heteroatoms. The standard InChI is InChI=1S/C17H16BrClN2O3/c1-21(10-16(22)20-14-8-4-2-6-12(14)18)17(23)11-24-15-9-5-3-7-13(15)19/h2-9H,10-11H2,1H3,(H,20,22). The SMILES string of the molecule is CN(CC(=O)Nc1ccccc1Br)C(=O)COc1ccccc1Cl. The first-order valence-electron chi connectivity index (χ1n) is 7.13. The summed E-state index contributed by atoms with van der Waals surface area (Å²) in [5.41, 5.74) is 0.649. The number of hydrogen-bond acceptors (Lipinski definition) is 3. The van der Waals surface area contributed by atoms with E-state index in [4.69, 9.17) is 16.3 Å². The monoisotopic (exact) mass is 410 g/mol. The molecule has 2 aromatic rings. The number of halogens is 2. The molecule has 24 heavy (non-hydrogen) atoms. The minimum atomic E-state index is -0.322. The van der Waals surface area contributed by atoms with Gasteiger partial charge in [-0.1, -0.05) is 35.9 Å². The second-order valence-corrected chi connectivity index (χ2v) is 6.26. The Bertz CT molecular complexity index is 739. The average Bonchev–Trinajstić information content (AvgIpc) is 2.56. The van der Waals surface area contributed by atoms with E-state index in [-0.39, 0.29) is 25.0 Å². The van der Waals surface area contributed by atoms with Crippen LogP contribution in [0.4, 0.5) is 5.69 Å². The number of amides is 2. The van der Waals surface area contributed by atoms with Crippen molar-refractivity contribution in [1.29, 1.82) is 0 Å². The van der Waals surface area contributed by atoms with Gasteiger partial charge in [-0.3, -0.25) is 9.59 Å². The molecule has 0 radical (unpaired) electrons. The van der Waals surface area contributed by atoms with E-state index in [1.807, 2.05) is 18.2 Å². The number of para-hydroxylation sites is 2. The number of carbonyl (C=O) groups excluding carboxylic acids is 2. The van der Waals surface area contributed by atoms with Gasteiger partial charge >= 0.3 is 0 Å². The molecule has 0 spiro atoms. The smallest absolute Gasteiger partial charge is 0.260 e. The van der Waals surface area contributed by atoms with E-state index in [1.54, 1.807) is 30.3 Å². The summed E-state index contributed by atoms with van der Waals surface area (Å²) in [7, 11) is 1.54. The van der Waals surface area contributed by atoms with Crippen LogP contribution in [0.1, 0.15) is 0 Å². The van der Waals surface area contributed by atoms with Gasteiger partial charge in [0.05, 0.1) is 17.3 Å². The summed E-state index contributed by atoms with van der Waals surface area (Å²) < 4.78 is 6.15. The highest BCUT2D eigenvalue weighted by Crippen LogP contribution is 2.23. The Morgan fingerprint density at radius 3 is 2.54 bits per heavy atom. The van der Waals surface area contributed by atoms with Gasteiger partial charge in [-0.15, -0.1) is 0 Å². The van der Waals surface area contributed by atoms with Crippen LogP contribution in [0, 0.1) is 0 Å². The summed E-state index contributed by atoms with van der Waals surface area (Å²) in [6, 6.07) is 14.1. The van der Waals surface area contributed by atoms with Crippen molar-refractivity contribution in [3.63, 3.8) is 0 Å². The maximum atomic E-state index is 12.1. The minimum Gasteiger partial charge on any atom is -0.482 e. The molecule has 0 aromatic heterocycles. The third-order valence-electron chi connectivity index (χ3n) is 3.14. The first kappa shape index (κ1) is 18.3. The van der Waals surface area contributed by atoms with Gasteiger partial charge in [-0.05, 0) is 40.2 Å². The maximum Gasteiger partial charge on any atom is 0.260 e. The number of hydrogen-bond donors (Lipinski definition) is 1. The lowest BCUT2D eigenvalue weighted by Gasteiger charge is -2.17. The third kappa shape index (κ3) is 5.25. The molecule has 2 aromatic carbocycles. The molecule has 2 rings (SSSR count). The Balaban J connectivity index is 1.84. The second kappa shape index (κ2) is 8.70. The lowest BCUT2D eigenvalue weighted by Crippen LogP contribution is -2.37. The summed E-state index contributed by atoms with van der Waals surface area (Å²) in [5, 5.41) is 3.17. The Labute approximate surface area is 153 Å². The van der Waals surface area contributed by atoms with Gasteiger partial charge < -0.3 is 15.0 Å². The second-order valence-electron chi connectivity index (χ2n) is 5.00. The highest BCUT2D eigenvalue weighted by atomic mass is 79.9. The van der Waals surface area contributed by atoms with Gasteiger partial charge in [-0.25, -0.2) is 0 Å². The third-order valence-corrected chi connectivity index (χ3v) is 4.15. The molecule has 126 valence electrons. The van der Waals surface area contributed by atoms with E-state index in [9.17, 15) is 9.59 Å². The number of likely N-dealkylation sites (N-methyl/N-ethyl adjacent to an activating group) is 1. The Kier molecular flexibility index (Phi) is 6.63. The van der Waals surface area contributed by atoms with E-state index < -0.39 is 0 Å². The molecule has 0 atom stereocenters. The zero-order chi connectivity index (χ0) is 17.5. The molecule has 5 nitrogen and oxygen atoms in total. The van der Waals surface area contributed by atoms with Crippen LogP contribution in [0.2, 0.25) is 5.02 Å². The number of anilines is 1. The normalized spacial score (nSPS) is 10.1. The van der Waals surface area contributed by atoms with Crippen molar-refractivity contribution in [3.05, 3.63) is 58.0 Å². The highest BCUT2D eigenvalue weighted by molar-refractivity contribution is 9.10. The number of rotatable bonds is 6. The van der Waals surface area contributed by atoms with Crippen molar-refractivity contribution in [1.82, 2.24) is 4.90 Å². The molecular formula is C17H16BrClN2O3. The van der Waals surface area contributed by atoms with Gasteiger partial charge in [-0.2, -0.15) is 0 Å². The van der Waals surface area contributed by atoms with Crippen LogP contribution in [0.3, 0.4) is 0 Å². The van der Waals surface area contributed by atoms with Crippen molar-refractivity contribution in [2.24, 2.45) is 0 Å². The number of nitrogens with zero attached hydrogens (tertiary/aromatic N) is 1. The number of carbonyl (C=O) groups is 2. The van der Waals surface area contributed by atoms with Crippen LogP contribution >= 0.6 is 27.5 Å². The molecule has 0 aliphatic rings. The van der Waals surface area contributed by atoms with Crippen LogP contribution < -0.4 is 10.1 Å². The zero-order valence-corrected chi connectivity index (χ0v) is 15.3. The summed E-state index contributed by atoms with van der Waals surface area (Å²) >= 11 is 9.31. The zero-order valence-electron chi connectivity index (χ0n) is 13.0. The molecule has 0 saturated carbocycles. The van der Waals surface area contributed by atoms with Crippen LogP contribution in [-0.4, -0.2) is 36.9 Å². The van der Waals surface area contributed by atoms with Crippen molar-refractivity contribution in [3.8, 4) is 5.75 Å². The minimum absolute atomic E-state index is 0.0773. The fourth-order valence-corrected chi connectivity index (χ4v) is 2.44. The number of ether oxygens (including phenoxy) is 1. The van der Waals surface area contributed by atoms with Crippen LogP contribution in [0.5, 0.6) is 5.75 Å². The largest absolute Gasteiger partial charge is 0.482 e. The highest BCUT2D eigenvalue weighted by Gasteiger charge is 2.15. The quantitative estimate of drug-likeness (QED) is 0.790. The van der Waals surface area contributed by atoms with Crippen molar-refractivity contribution >= 4 is 45.0 Å². The number of nitrogens with one attached hydrogen (secondary N) is 1. The van der Waals surface area contributed by atoms with Crippen molar-refractivity contribution < 1.29 is 14.3 Å². The van der Waals surface area contributed by atoms with Crippen molar-refractivity contribution in [2.45, 2.75) is 0 Å². The summed E-state index contributed by atoms with van der Waals surface area (Å²) in [4.78, 5) is 25.4. The van der Waals surface area contributed by atoms with Crippen LogP contribution in [0.25, 0.3) is 0 Å². The van der Waals surface area contributed by atoms with Gasteiger partial charge in [0.1, 0.15) is 5.75 Å². The molecule has 0 aliphatic heterocycles. The summed E-state index contributed by atoms with van der Waals surface area (Å²) in [6.07, 6.45) is 0. The fourth-order valence-electron chi connectivity index (χ4n) is 1.87. The molecule has 0 saturated heterocycles. The van der Waals surface area contributed by atoms with E-state index in [1.165, 1.54) is 11.9 Å². The Morgan fingerprint density at radius 2 is 1.83 bits per heavy atom. The average molecular weight is 412 g/mol. The predicted molar refractivity (Wildman–Crippen MR) is 97.4 cm³/mol. The Hall–Kier alpha value is -2.05.